The van der Waals surface area contributed by atoms with E-state index in [0.717, 1.165) is 29.0 Å². The number of pyridine rings is 1. The van der Waals surface area contributed by atoms with Gasteiger partial charge in [0.25, 0.3) is 0 Å². The third-order valence-electron chi connectivity index (χ3n) is 3.51. The van der Waals surface area contributed by atoms with Crippen molar-refractivity contribution in [3.8, 4) is 0 Å². The average molecular weight is 283 g/mol. The SMILES string of the molecule is Cc1ccc(C[C@H](CS)c2nc3ccncc3[nH]2)cc1. The first-order valence-corrected chi connectivity index (χ1v) is 7.35. The number of aromatic amines is 1. The highest BCUT2D eigenvalue weighted by Gasteiger charge is 2.15. The van der Waals surface area contributed by atoms with E-state index in [4.69, 9.17) is 0 Å². The highest BCUT2D eigenvalue weighted by molar-refractivity contribution is 7.80. The summed E-state index contributed by atoms with van der Waals surface area (Å²) in [6.45, 7) is 2.10. The fraction of sp³-hybridized carbons (Fsp3) is 0.250. The minimum absolute atomic E-state index is 0.286. The molecule has 102 valence electrons. The van der Waals surface area contributed by atoms with Crippen LogP contribution in [0.15, 0.2) is 42.7 Å². The molecule has 1 atom stereocenters. The molecule has 20 heavy (non-hydrogen) atoms. The number of benzene rings is 1. The first-order valence-electron chi connectivity index (χ1n) is 6.72. The summed E-state index contributed by atoms with van der Waals surface area (Å²) in [5.74, 6) is 2.04. The zero-order chi connectivity index (χ0) is 13.9. The van der Waals surface area contributed by atoms with Crippen LogP contribution in [0.3, 0.4) is 0 Å². The molecule has 0 unspecified atom stereocenters. The molecule has 2 heterocycles. The van der Waals surface area contributed by atoms with Crippen LogP contribution in [0.4, 0.5) is 0 Å². The van der Waals surface area contributed by atoms with E-state index in [1.807, 2.05) is 12.3 Å². The molecular formula is C16H17N3S. The van der Waals surface area contributed by atoms with Gasteiger partial charge in [-0.3, -0.25) is 4.98 Å². The van der Waals surface area contributed by atoms with Gasteiger partial charge in [-0.15, -0.1) is 0 Å². The number of rotatable bonds is 4. The molecule has 0 aliphatic heterocycles. The van der Waals surface area contributed by atoms with Crippen LogP contribution in [0.2, 0.25) is 0 Å². The molecule has 3 aromatic rings. The van der Waals surface area contributed by atoms with Crippen LogP contribution in [0.5, 0.6) is 0 Å². The summed E-state index contributed by atoms with van der Waals surface area (Å²) >= 11 is 4.48. The van der Waals surface area contributed by atoms with E-state index >= 15 is 0 Å². The van der Waals surface area contributed by atoms with Gasteiger partial charge in [0.15, 0.2) is 0 Å². The second-order valence-corrected chi connectivity index (χ2v) is 5.45. The topological polar surface area (TPSA) is 41.6 Å². The average Bonchev–Trinajstić information content (AvgIpc) is 2.90. The minimum atomic E-state index is 0.286. The maximum atomic E-state index is 4.65. The molecule has 0 saturated carbocycles. The summed E-state index contributed by atoms with van der Waals surface area (Å²) < 4.78 is 0. The Labute approximate surface area is 123 Å². The molecule has 0 aliphatic carbocycles. The van der Waals surface area contributed by atoms with Gasteiger partial charge in [-0.05, 0) is 25.0 Å². The normalized spacial score (nSPS) is 12.7. The van der Waals surface area contributed by atoms with Crippen molar-refractivity contribution in [2.24, 2.45) is 0 Å². The van der Waals surface area contributed by atoms with Crippen LogP contribution in [0.1, 0.15) is 22.9 Å². The lowest BCUT2D eigenvalue weighted by atomic mass is 9.99. The number of aromatic nitrogens is 3. The third-order valence-corrected chi connectivity index (χ3v) is 3.95. The lowest BCUT2D eigenvalue weighted by Crippen LogP contribution is -2.06. The quantitative estimate of drug-likeness (QED) is 0.719. The Kier molecular flexibility index (Phi) is 3.74. The zero-order valence-corrected chi connectivity index (χ0v) is 12.3. The minimum Gasteiger partial charge on any atom is -0.340 e. The van der Waals surface area contributed by atoms with E-state index in [1.54, 1.807) is 6.20 Å². The number of thiol groups is 1. The maximum absolute atomic E-state index is 4.65. The molecule has 2 aromatic heterocycles. The van der Waals surface area contributed by atoms with Crippen LogP contribution in [0.25, 0.3) is 11.0 Å². The van der Waals surface area contributed by atoms with Gasteiger partial charge in [0, 0.05) is 17.9 Å². The molecule has 0 spiro atoms. The zero-order valence-electron chi connectivity index (χ0n) is 11.4. The molecule has 3 nitrogen and oxygen atoms in total. The van der Waals surface area contributed by atoms with Crippen LogP contribution in [-0.4, -0.2) is 20.7 Å². The van der Waals surface area contributed by atoms with Gasteiger partial charge in [-0.1, -0.05) is 29.8 Å². The predicted molar refractivity (Wildman–Crippen MR) is 85.4 cm³/mol. The third kappa shape index (κ3) is 2.70. The van der Waals surface area contributed by atoms with Crippen molar-refractivity contribution >= 4 is 23.7 Å². The van der Waals surface area contributed by atoms with Gasteiger partial charge < -0.3 is 4.98 Å². The predicted octanol–water partition coefficient (Wildman–Crippen LogP) is 3.52. The number of H-pyrrole nitrogens is 1. The Bertz CT molecular complexity index is 670. The summed E-state index contributed by atoms with van der Waals surface area (Å²) in [6, 6.07) is 10.6. The van der Waals surface area contributed by atoms with Crippen LogP contribution >= 0.6 is 12.6 Å². The van der Waals surface area contributed by atoms with E-state index < -0.39 is 0 Å². The lowest BCUT2D eigenvalue weighted by molar-refractivity contribution is 0.725. The molecule has 3 rings (SSSR count). The Balaban J connectivity index is 1.87. The molecule has 0 bridgehead atoms. The molecule has 0 fully saturated rings. The van der Waals surface area contributed by atoms with E-state index in [0.29, 0.717) is 0 Å². The van der Waals surface area contributed by atoms with E-state index in [2.05, 4.69) is 58.8 Å². The molecule has 0 saturated heterocycles. The monoisotopic (exact) mass is 283 g/mol. The van der Waals surface area contributed by atoms with Crippen molar-refractivity contribution in [2.75, 3.05) is 5.75 Å². The summed E-state index contributed by atoms with van der Waals surface area (Å²) in [4.78, 5) is 12.1. The van der Waals surface area contributed by atoms with Crippen molar-refractivity contribution in [1.82, 2.24) is 15.0 Å². The largest absolute Gasteiger partial charge is 0.340 e. The van der Waals surface area contributed by atoms with Gasteiger partial charge in [-0.2, -0.15) is 12.6 Å². The van der Waals surface area contributed by atoms with Crippen molar-refractivity contribution in [1.29, 1.82) is 0 Å². The van der Waals surface area contributed by atoms with Gasteiger partial charge in [0.05, 0.1) is 17.2 Å². The van der Waals surface area contributed by atoms with E-state index in [1.165, 1.54) is 11.1 Å². The summed E-state index contributed by atoms with van der Waals surface area (Å²) in [5, 5.41) is 0. The second kappa shape index (κ2) is 5.67. The fourth-order valence-corrected chi connectivity index (χ4v) is 2.63. The van der Waals surface area contributed by atoms with Crippen molar-refractivity contribution < 1.29 is 0 Å². The smallest absolute Gasteiger partial charge is 0.111 e. The molecular weight excluding hydrogens is 266 g/mol. The number of hydrogen-bond donors (Lipinski definition) is 2. The Morgan fingerprint density at radius 1 is 1.20 bits per heavy atom. The van der Waals surface area contributed by atoms with Crippen LogP contribution < -0.4 is 0 Å². The van der Waals surface area contributed by atoms with Gasteiger partial charge >= 0.3 is 0 Å². The van der Waals surface area contributed by atoms with E-state index in [-0.39, 0.29) is 5.92 Å². The number of hydrogen-bond acceptors (Lipinski definition) is 3. The van der Waals surface area contributed by atoms with E-state index in [9.17, 15) is 0 Å². The molecule has 0 amide bonds. The molecule has 0 aliphatic rings. The number of aryl methyl sites for hydroxylation is 1. The fourth-order valence-electron chi connectivity index (χ4n) is 2.33. The first kappa shape index (κ1) is 13.2. The molecule has 1 N–H and O–H groups in total. The molecule has 4 heteroatoms. The number of nitrogens with zero attached hydrogens (tertiary/aromatic N) is 2. The number of imidazole rings is 1. The van der Waals surface area contributed by atoms with Crippen molar-refractivity contribution in [3.63, 3.8) is 0 Å². The standard InChI is InChI=1S/C16H17N3S/c1-11-2-4-12(5-3-11)8-13(10-20)16-18-14-6-7-17-9-15(14)19-16/h2-7,9,13,20H,8,10H2,1H3,(H,18,19)/t13-/m1/s1. The summed E-state index contributed by atoms with van der Waals surface area (Å²) in [5.41, 5.74) is 4.54. The highest BCUT2D eigenvalue weighted by Crippen LogP contribution is 2.22. The maximum Gasteiger partial charge on any atom is 0.111 e. The van der Waals surface area contributed by atoms with Gasteiger partial charge in [0.1, 0.15) is 5.82 Å². The van der Waals surface area contributed by atoms with Crippen LogP contribution in [0, 0.1) is 6.92 Å². The molecule has 1 aromatic carbocycles. The van der Waals surface area contributed by atoms with Gasteiger partial charge in [-0.25, -0.2) is 4.98 Å². The lowest BCUT2D eigenvalue weighted by Gasteiger charge is -2.11. The first-order chi connectivity index (χ1) is 9.76. The highest BCUT2D eigenvalue weighted by atomic mass is 32.1. The summed E-state index contributed by atoms with van der Waals surface area (Å²) in [6.07, 6.45) is 4.52. The van der Waals surface area contributed by atoms with Gasteiger partial charge in [0.2, 0.25) is 0 Å². The van der Waals surface area contributed by atoms with Crippen molar-refractivity contribution in [2.45, 2.75) is 19.3 Å². The Morgan fingerprint density at radius 2 is 2.00 bits per heavy atom. The number of nitrogens with one attached hydrogen (secondary N) is 1. The van der Waals surface area contributed by atoms with Crippen LogP contribution in [-0.2, 0) is 6.42 Å². The van der Waals surface area contributed by atoms with Crippen molar-refractivity contribution in [3.05, 3.63) is 59.7 Å². The second-order valence-electron chi connectivity index (χ2n) is 5.08. The molecule has 0 radical (unpaired) electrons. The summed E-state index contributed by atoms with van der Waals surface area (Å²) in [7, 11) is 0. The number of fused-ring (bicyclic) bond motifs is 1. The Morgan fingerprint density at radius 3 is 2.70 bits per heavy atom. The Hall–Kier alpha value is -1.81.